The zero-order chi connectivity index (χ0) is 14.8. The third-order valence-corrected chi connectivity index (χ3v) is 4.50. The van der Waals surface area contributed by atoms with Crippen molar-refractivity contribution in [1.29, 1.82) is 0 Å². The molecule has 1 saturated carbocycles. The molecule has 1 aliphatic carbocycles. The molecule has 0 radical (unpaired) electrons. The maximum Gasteiger partial charge on any atom is 0.146 e. The van der Waals surface area contributed by atoms with Gasteiger partial charge in [-0.2, -0.15) is 0 Å². The topological polar surface area (TPSA) is 21.3 Å². The van der Waals surface area contributed by atoms with E-state index in [9.17, 15) is 4.39 Å². The van der Waals surface area contributed by atoms with E-state index in [0.717, 1.165) is 23.1 Å². The van der Waals surface area contributed by atoms with Crippen LogP contribution in [0.15, 0.2) is 46.9 Å². The number of methoxy groups -OCH3 is 1. The Kier molecular flexibility index (Phi) is 4.15. The zero-order valence-electron chi connectivity index (χ0n) is 11.8. The summed E-state index contributed by atoms with van der Waals surface area (Å²) in [5, 5.41) is 3.28. The molecule has 0 amide bonds. The van der Waals surface area contributed by atoms with E-state index in [2.05, 4.69) is 27.3 Å². The minimum atomic E-state index is -0.209. The normalized spacial score (nSPS) is 20.7. The Morgan fingerprint density at radius 3 is 2.71 bits per heavy atom. The summed E-state index contributed by atoms with van der Waals surface area (Å²) in [6, 6.07) is 13.4. The average Bonchev–Trinajstić information content (AvgIpc) is 2.46. The van der Waals surface area contributed by atoms with Crippen LogP contribution in [0.25, 0.3) is 0 Å². The van der Waals surface area contributed by atoms with Crippen LogP contribution >= 0.6 is 15.9 Å². The van der Waals surface area contributed by atoms with Gasteiger partial charge in [-0.05, 0) is 48.6 Å². The highest BCUT2D eigenvalue weighted by molar-refractivity contribution is 9.10. The van der Waals surface area contributed by atoms with Crippen LogP contribution in [-0.4, -0.2) is 13.2 Å². The first kappa shape index (κ1) is 14.4. The third kappa shape index (κ3) is 3.05. The van der Waals surface area contributed by atoms with Crippen molar-refractivity contribution in [3.63, 3.8) is 0 Å². The lowest BCUT2D eigenvalue weighted by Gasteiger charge is -2.37. The molecule has 0 heterocycles. The van der Waals surface area contributed by atoms with E-state index < -0.39 is 0 Å². The molecule has 0 aliphatic heterocycles. The number of para-hydroxylation sites is 1. The van der Waals surface area contributed by atoms with Gasteiger partial charge in [-0.1, -0.05) is 34.1 Å². The molecule has 0 saturated heterocycles. The Bertz CT molecular complexity index is 640. The lowest BCUT2D eigenvalue weighted by Crippen LogP contribution is -2.34. The Balaban J connectivity index is 1.65. The standard InChI is InChI=1S/C17H17BrFNO/c1-21-17-5-3-2-4-14(17)11-8-13(9-11)20-16-10-12(18)6-7-15(16)19/h2-7,10-11,13,20H,8-9H2,1H3. The average molecular weight is 350 g/mol. The van der Waals surface area contributed by atoms with Crippen molar-refractivity contribution in [3.05, 3.63) is 58.3 Å². The summed E-state index contributed by atoms with van der Waals surface area (Å²) in [6.45, 7) is 0. The molecule has 2 nitrogen and oxygen atoms in total. The molecule has 0 spiro atoms. The first-order valence-corrected chi connectivity index (χ1v) is 7.81. The number of ether oxygens (including phenoxy) is 1. The van der Waals surface area contributed by atoms with Crippen molar-refractivity contribution < 1.29 is 9.13 Å². The van der Waals surface area contributed by atoms with E-state index in [1.54, 1.807) is 19.2 Å². The van der Waals surface area contributed by atoms with E-state index in [0.29, 0.717) is 17.6 Å². The van der Waals surface area contributed by atoms with Gasteiger partial charge in [0, 0.05) is 10.5 Å². The van der Waals surface area contributed by atoms with Gasteiger partial charge >= 0.3 is 0 Å². The van der Waals surface area contributed by atoms with E-state index in [4.69, 9.17) is 4.74 Å². The van der Waals surface area contributed by atoms with Gasteiger partial charge in [0.1, 0.15) is 11.6 Å². The quantitative estimate of drug-likeness (QED) is 0.842. The smallest absolute Gasteiger partial charge is 0.146 e. The SMILES string of the molecule is COc1ccccc1C1CC(Nc2cc(Br)ccc2F)C1. The summed E-state index contributed by atoms with van der Waals surface area (Å²) in [6.07, 6.45) is 1.98. The van der Waals surface area contributed by atoms with Crippen molar-refractivity contribution >= 4 is 21.6 Å². The Labute approximate surface area is 132 Å². The maximum absolute atomic E-state index is 13.7. The molecular weight excluding hydrogens is 333 g/mol. The molecule has 2 aromatic carbocycles. The summed E-state index contributed by atoms with van der Waals surface area (Å²) in [5.74, 6) is 1.21. The van der Waals surface area contributed by atoms with Crippen LogP contribution in [0.2, 0.25) is 0 Å². The van der Waals surface area contributed by atoms with E-state index in [-0.39, 0.29) is 5.82 Å². The molecule has 1 N–H and O–H groups in total. The zero-order valence-corrected chi connectivity index (χ0v) is 13.4. The second-order valence-electron chi connectivity index (χ2n) is 5.38. The Morgan fingerprint density at radius 2 is 1.95 bits per heavy atom. The van der Waals surface area contributed by atoms with Gasteiger partial charge < -0.3 is 10.1 Å². The fourth-order valence-electron chi connectivity index (χ4n) is 2.82. The number of anilines is 1. The summed E-state index contributed by atoms with van der Waals surface area (Å²) in [4.78, 5) is 0. The molecule has 0 atom stereocenters. The monoisotopic (exact) mass is 349 g/mol. The molecule has 4 heteroatoms. The summed E-state index contributed by atoms with van der Waals surface area (Å²) >= 11 is 3.37. The lowest BCUT2D eigenvalue weighted by atomic mass is 9.75. The van der Waals surface area contributed by atoms with Crippen molar-refractivity contribution in [1.82, 2.24) is 0 Å². The van der Waals surface area contributed by atoms with Gasteiger partial charge in [0.25, 0.3) is 0 Å². The van der Waals surface area contributed by atoms with Crippen LogP contribution in [0.4, 0.5) is 10.1 Å². The van der Waals surface area contributed by atoms with Crippen LogP contribution in [-0.2, 0) is 0 Å². The second-order valence-corrected chi connectivity index (χ2v) is 6.29. The summed E-state index contributed by atoms with van der Waals surface area (Å²) in [7, 11) is 1.70. The van der Waals surface area contributed by atoms with Crippen molar-refractivity contribution in [3.8, 4) is 5.75 Å². The predicted molar refractivity (Wildman–Crippen MR) is 86.5 cm³/mol. The number of nitrogens with one attached hydrogen (secondary N) is 1. The lowest BCUT2D eigenvalue weighted by molar-refractivity contribution is 0.349. The minimum absolute atomic E-state index is 0.209. The maximum atomic E-state index is 13.7. The Morgan fingerprint density at radius 1 is 1.19 bits per heavy atom. The number of halogens is 2. The fourth-order valence-corrected chi connectivity index (χ4v) is 3.18. The molecule has 110 valence electrons. The molecule has 0 aromatic heterocycles. The number of rotatable bonds is 4. The van der Waals surface area contributed by atoms with Gasteiger partial charge in [-0.3, -0.25) is 0 Å². The second kappa shape index (κ2) is 6.06. The van der Waals surface area contributed by atoms with Crippen molar-refractivity contribution in [2.75, 3.05) is 12.4 Å². The molecule has 0 unspecified atom stereocenters. The molecule has 1 fully saturated rings. The molecule has 1 aliphatic rings. The van der Waals surface area contributed by atoms with Gasteiger partial charge in [0.2, 0.25) is 0 Å². The number of hydrogen-bond acceptors (Lipinski definition) is 2. The molecule has 3 rings (SSSR count). The fraction of sp³-hybridized carbons (Fsp3) is 0.294. The van der Waals surface area contributed by atoms with Crippen LogP contribution in [0.5, 0.6) is 5.75 Å². The Hall–Kier alpha value is -1.55. The van der Waals surface area contributed by atoms with Crippen LogP contribution in [0.3, 0.4) is 0 Å². The minimum Gasteiger partial charge on any atom is -0.496 e. The van der Waals surface area contributed by atoms with Crippen LogP contribution < -0.4 is 10.1 Å². The third-order valence-electron chi connectivity index (χ3n) is 4.00. The first-order chi connectivity index (χ1) is 10.2. The highest BCUT2D eigenvalue weighted by atomic mass is 79.9. The van der Waals surface area contributed by atoms with E-state index >= 15 is 0 Å². The van der Waals surface area contributed by atoms with Gasteiger partial charge in [-0.25, -0.2) is 4.39 Å². The van der Waals surface area contributed by atoms with Crippen LogP contribution in [0.1, 0.15) is 24.3 Å². The molecule has 0 bridgehead atoms. The predicted octanol–water partition coefficient (Wildman–Crippen LogP) is 4.95. The van der Waals surface area contributed by atoms with Gasteiger partial charge in [0.05, 0.1) is 12.8 Å². The summed E-state index contributed by atoms with van der Waals surface area (Å²) in [5.41, 5.74) is 1.81. The van der Waals surface area contributed by atoms with Crippen molar-refractivity contribution in [2.45, 2.75) is 24.8 Å². The molecule has 2 aromatic rings. The highest BCUT2D eigenvalue weighted by Crippen LogP contribution is 2.42. The van der Waals surface area contributed by atoms with Crippen LogP contribution in [0, 0.1) is 5.82 Å². The molecule has 21 heavy (non-hydrogen) atoms. The summed E-state index contributed by atoms with van der Waals surface area (Å²) < 4.78 is 20.0. The first-order valence-electron chi connectivity index (χ1n) is 7.02. The van der Waals surface area contributed by atoms with Gasteiger partial charge in [0.15, 0.2) is 0 Å². The van der Waals surface area contributed by atoms with E-state index in [1.807, 2.05) is 18.2 Å². The number of benzene rings is 2. The number of hydrogen-bond donors (Lipinski definition) is 1. The highest BCUT2D eigenvalue weighted by Gasteiger charge is 2.32. The van der Waals surface area contributed by atoms with Gasteiger partial charge in [-0.15, -0.1) is 0 Å². The molecular formula is C17H17BrFNO. The van der Waals surface area contributed by atoms with E-state index in [1.165, 1.54) is 11.6 Å². The van der Waals surface area contributed by atoms with Crippen molar-refractivity contribution in [2.24, 2.45) is 0 Å². The largest absolute Gasteiger partial charge is 0.496 e.